The van der Waals surface area contributed by atoms with Crippen LogP contribution in [0.25, 0.3) is 0 Å². The Morgan fingerprint density at radius 1 is 1.37 bits per heavy atom. The second-order valence-corrected chi connectivity index (χ2v) is 5.77. The molecule has 0 radical (unpaired) electrons. The van der Waals surface area contributed by atoms with Crippen molar-refractivity contribution in [1.82, 2.24) is 4.90 Å². The van der Waals surface area contributed by atoms with Gasteiger partial charge >= 0.3 is 6.03 Å². The molecule has 1 aliphatic heterocycles. The summed E-state index contributed by atoms with van der Waals surface area (Å²) in [6.07, 6.45) is 1.18. The highest BCUT2D eigenvalue weighted by Gasteiger charge is 2.31. The minimum absolute atomic E-state index is 0.0310. The Balaban J connectivity index is 2.06. The van der Waals surface area contributed by atoms with Crippen LogP contribution in [0, 0.1) is 11.8 Å². The monoisotopic (exact) mass is 261 g/mol. The Morgan fingerprint density at radius 3 is 2.79 bits per heavy atom. The molecule has 1 aromatic rings. The third-order valence-corrected chi connectivity index (χ3v) is 4.00. The quantitative estimate of drug-likeness (QED) is 0.763. The van der Waals surface area contributed by atoms with Crippen LogP contribution in [0.15, 0.2) is 24.3 Å². The highest BCUT2D eigenvalue weighted by molar-refractivity contribution is 5.90. The van der Waals surface area contributed by atoms with Gasteiger partial charge in [-0.05, 0) is 43.4 Å². The molecular weight excluding hydrogens is 238 g/mol. The Morgan fingerprint density at radius 2 is 2.11 bits per heavy atom. The average Bonchev–Trinajstić information content (AvgIpc) is 2.33. The third kappa shape index (κ3) is 3.19. The van der Waals surface area contributed by atoms with Gasteiger partial charge in [-0.2, -0.15) is 0 Å². The number of hydrogen-bond acceptors (Lipinski definition) is 2. The zero-order valence-electron chi connectivity index (χ0n) is 11.9. The summed E-state index contributed by atoms with van der Waals surface area (Å²) in [6, 6.07) is 7.53. The molecular formula is C15H23N3O. The van der Waals surface area contributed by atoms with Crippen LogP contribution in [0.2, 0.25) is 0 Å². The normalized spacial score (nSPS) is 27.1. The molecule has 1 saturated heterocycles. The number of carbonyl (C=O) groups excluding carboxylic acids is 1. The number of nitrogens with one attached hydrogen (secondary N) is 1. The molecule has 2 amide bonds. The molecule has 4 heteroatoms. The molecule has 19 heavy (non-hydrogen) atoms. The summed E-state index contributed by atoms with van der Waals surface area (Å²) < 4.78 is 0. The van der Waals surface area contributed by atoms with Crippen LogP contribution >= 0.6 is 0 Å². The fourth-order valence-corrected chi connectivity index (χ4v) is 2.79. The Labute approximate surface area is 115 Å². The standard InChI is InChI=1S/C15H23N3O/c1-10-7-11(2)12(3)18(9-10)15(19)17-14-6-4-5-13(16)8-14/h4-6,8,10-12H,7,9,16H2,1-3H3,(H,17,19). The van der Waals surface area contributed by atoms with Gasteiger partial charge in [-0.25, -0.2) is 4.79 Å². The number of piperidine rings is 1. The number of anilines is 2. The van der Waals surface area contributed by atoms with Crippen molar-refractivity contribution >= 4 is 17.4 Å². The van der Waals surface area contributed by atoms with E-state index in [1.54, 1.807) is 6.07 Å². The van der Waals surface area contributed by atoms with Gasteiger partial charge in [0, 0.05) is 24.0 Å². The van der Waals surface area contributed by atoms with Crippen molar-refractivity contribution in [3.63, 3.8) is 0 Å². The second-order valence-electron chi connectivity index (χ2n) is 5.77. The van der Waals surface area contributed by atoms with Crippen molar-refractivity contribution in [2.75, 3.05) is 17.6 Å². The van der Waals surface area contributed by atoms with Crippen LogP contribution in [0.5, 0.6) is 0 Å². The van der Waals surface area contributed by atoms with Gasteiger partial charge in [0.2, 0.25) is 0 Å². The lowest BCUT2D eigenvalue weighted by Gasteiger charge is -2.40. The molecule has 3 atom stereocenters. The number of carbonyl (C=O) groups is 1. The zero-order valence-corrected chi connectivity index (χ0v) is 11.9. The van der Waals surface area contributed by atoms with E-state index in [0.717, 1.165) is 12.2 Å². The van der Waals surface area contributed by atoms with Crippen LogP contribution in [0.3, 0.4) is 0 Å². The molecule has 0 aliphatic carbocycles. The molecule has 0 bridgehead atoms. The van der Waals surface area contributed by atoms with Crippen molar-refractivity contribution < 1.29 is 4.79 Å². The lowest BCUT2D eigenvalue weighted by atomic mass is 9.86. The summed E-state index contributed by atoms with van der Waals surface area (Å²) in [4.78, 5) is 14.3. The molecule has 1 fully saturated rings. The summed E-state index contributed by atoms with van der Waals surface area (Å²) in [5, 5.41) is 2.93. The SMILES string of the molecule is CC1CC(C)C(C)N(C(=O)Nc2cccc(N)c2)C1. The van der Waals surface area contributed by atoms with E-state index in [2.05, 4.69) is 26.1 Å². The van der Waals surface area contributed by atoms with Gasteiger partial charge in [0.05, 0.1) is 0 Å². The van der Waals surface area contributed by atoms with Crippen LogP contribution < -0.4 is 11.1 Å². The first-order chi connectivity index (χ1) is 8.97. The smallest absolute Gasteiger partial charge is 0.322 e. The van der Waals surface area contributed by atoms with E-state index in [-0.39, 0.29) is 12.1 Å². The lowest BCUT2D eigenvalue weighted by Crippen LogP contribution is -2.50. The molecule has 3 unspecified atom stereocenters. The van der Waals surface area contributed by atoms with Crippen LogP contribution in [-0.4, -0.2) is 23.5 Å². The van der Waals surface area contributed by atoms with Gasteiger partial charge in [0.15, 0.2) is 0 Å². The van der Waals surface area contributed by atoms with Crippen molar-refractivity contribution in [1.29, 1.82) is 0 Å². The Hall–Kier alpha value is -1.71. The van der Waals surface area contributed by atoms with Gasteiger partial charge < -0.3 is 16.0 Å². The van der Waals surface area contributed by atoms with E-state index in [0.29, 0.717) is 17.5 Å². The third-order valence-electron chi connectivity index (χ3n) is 4.00. The van der Waals surface area contributed by atoms with Gasteiger partial charge in [-0.3, -0.25) is 0 Å². The topological polar surface area (TPSA) is 58.4 Å². The summed E-state index contributed by atoms with van der Waals surface area (Å²) in [5.41, 5.74) is 7.13. The number of nitrogens with zero attached hydrogens (tertiary/aromatic N) is 1. The van der Waals surface area contributed by atoms with Crippen LogP contribution in [0.1, 0.15) is 27.2 Å². The molecule has 4 nitrogen and oxygen atoms in total. The fraction of sp³-hybridized carbons (Fsp3) is 0.533. The van der Waals surface area contributed by atoms with Crippen LogP contribution in [-0.2, 0) is 0 Å². The molecule has 3 N–H and O–H groups in total. The molecule has 0 spiro atoms. The predicted octanol–water partition coefficient (Wildman–Crippen LogP) is 3.17. The summed E-state index contributed by atoms with van der Waals surface area (Å²) in [5.74, 6) is 1.09. The fourth-order valence-electron chi connectivity index (χ4n) is 2.79. The number of urea groups is 1. The van der Waals surface area contributed by atoms with E-state index >= 15 is 0 Å². The number of likely N-dealkylation sites (tertiary alicyclic amines) is 1. The number of nitrogen functional groups attached to an aromatic ring is 1. The summed E-state index contributed by atoms with van der Waals surface area (Å²) >= 11 is 0. The Bertz CT molecular complexity index is 460. The minimum Gasteiger partial charge on any atom is -0.399 e. The maximum atomic E-state index is 12.4. The molecule has 0 aromatic heterocycles. The first kappa shape index (κ1) is 13.7. The summed E-state index contributed by atoms with van der Waals surface area (Å²) in [7, 11) is 0. The second kappa shape index (κ2) is 5.51. The maximum Gasteiger partial charge on any atom is 0.322 e. The molecule has 1 heterocycles. The largest absolute Gasteiger partial charge is 0.399 e. The van der Waals surface area contributed by atoms with Crippen molar-refractivity contribution in [3.05, 3.63) is 24.3 Å². The first-order valence-electron chi connectivity index (χ1n) is 6.90. The number of amides is 2. The Kier molecular flexibility index (Phi) is 3.98. The average molecular weight is 261 g/mol. The van der Waals surface area contributed by atoms with Crippen molar-refractivity contribution in [3.8, 4) is 0 Å². The van der Waals surface area contributed by atoms with Crippen LogP contribution in [0.4, 0.5) is 16.2 Å². The number of rotatable bonds is 1. The predicted molar refractivity (Wildman–Crippen MR) is 79.0 cm³/mol. The molecule has 0 saturated carbocycles. The number of benzene rings is 1. The van der Waals surface area contributed by atoms with Gasteiger partial charge in [-0.1, -0.05) is 19.9 Å². The number of nitrogens with two attached hydrogens (primary N) is 1. The maximum absolute atomic E-state index is 12.4. The van der Waals surface area contributed by atoms with E-state index in [1.807, 2.05) is 23.1 Å². The molecule has 2 rings (SSSR count). The number of hydrogen-bond donors (Lipinski definition) is 2. The van der Waals surface area contributed by atoms with Crippen molar-refractivity contribution in [2.24, 2.45) is 11.8 Å². The molecule has 104 valence electrons. The molecule has 1 aliphatic rings. The van der Waals surface area contributed by atoms with Crippen molar-refractivity contribution in [2.45, 2.75) is 33.2 Å². The summed E-state index contributed by atoms with van der Waals surface area (Å²) in [6.45, 7) is 7.35. The molecule has 1 aromatic carbocycles. The minimum atomic E-state index is -0.0310. The van der Waals surface area contributed by atoms with Gasteiger partial charge in [0.1, 0.15) is 0 Å². The van der Waals surface area contributed by atoms with E-state index in [9.17, 15) is 4.79 Å². The first-order valence-corrected chi connectivity index (χ1v) is 6.90. The van der Waals surface area contributed by atoms with E-state index in [4.69, 9.17) is 5.73 Å². The van der Waals surface area contributed by atoms with Gasteiger partial charge in [-0.15, -0.1) is 0 Å². The lowest BCUT2D eigenvalue weighted by molar-refractivity contribution is 0.110. The van der Waals surface area contributed by atoms with Gasteiger partial charge in [0.25, 0.3) is 0 Å². The zero-order chi connectivity index (χ0) is 14.0. The van der Waals surface area contributed by atoms with E-state index < -0.39 is 0 Å². The van der Waals surface area contributed by atoms with E-state index in [1.165, 1.54) is 6.42 Å². The highest BCUT2D eigenvalue weighted by atomic mass is 16.2. The highest BCUT2D eigenvalue weighted by Crippen LogP contribution is 2.27.